The maximum absolute atomic E-state index is 11.6. The van der Waals surface area contributed by atoms with Crippen LogP contribution in [-0.2, 0) is 4.79 Å². The van der Waals surface area contributed by atoms with E-state index in [4.69, 9.17) is 5.26 Å². The smallest absolute Gasteiger partial charge is 0.244 e. The minimum absolute atomic E-state index is 0.0160. The summed E-state index contributed by atoms with van der Waals surface area (Å²) < 4.78 is 1.67. The number of nitrogens with zero attached hydrogens (tertiary/aromatic N) is 3. The van der Waals surface area contributed by atoms with Crippen molar-refractivity contribution in [1.82, 2.24) is 9.47 Å². The molecule has 0 aliphatic rings. The molecule has 1 rings (SSSR count). The Morgan fingerprint density at radius 3 is 2.79 bits per heavy atom. The van der Waals surface area contributed by atoms with Gasteiger partial charge < -0.3 is 9.47 Å². The summed E-state index contributed by atoms with van der Waals surface area (Å²) in [6.07, 6.45) is 1.74. The van der Waals surface area contributed by atoms with Crippen LogP contribution in [0.15, 0.2) is 18.3 Å². The first-order valence-electron chi connectivity index (χ1n) is 4.36. The average Bonchev–Trinajstić information content (AvgIpc) is 2.62. The lowest BCUT2D eigenvalue weighted by Crippen LogP contribution is -2.30. The zero-order chi connectivity index (χ0) is 10.7. The van der Waals surface area contributed by atoms with Crippen molar-refractivity contribution in [1.29, 1.82) is 5.26 Å². The first kappa shape index (κ1) is 10.3. The van der Waals surface area contributed by atoms with Crippen LogP contribution in [0.4, 0.5) is 0 Å². The second kappa shape index (κ2) is 3.97. The first-order chi connectivity index (χ1) is 6.57. The van der Waals surface area contributed by atoms with Gasteiger partial charge in [-0.05, 0) is 19.1 Å². The molecule has 74 valence electrons. The Balaban J connectivity index is 2.96. The molecule has 1 aromatic rings. The molecule has 0 fully saturated rings. The van der Waals surface area contributed by atoms with Crippen LogP contribution in [0.2, 0.25) is 0 Å². The summed E-state index contributed by atoms with van der Waals surface area (Å²) in [5.74, 6) is -0.0160. The molecule has 0 aliphatic heterocycles. The Morgan fingerprint density at radius 2 is 2.29 bits per heavy atom. The van der Waals surface area contributed by atoms with E-state index in [2.05, 4.69) is 0 Å². The number of hydrogen-bond donors (Lipinski definition) is 0. The number of amides is 1. The van der Waals surface area contributed by atoms with Gasteiger partial charge >= 0.3 is 0 Å². The first-order valence-corrected chi connectivity index (χ1v) is 4.36. The number of carbonyl (C=O) groups excluding carboxylic acids is 1. The van der Waals surface area contributed by atoms with Gasteiger partial charge in [0.15, 0.2) is 0 Å². The Labute approximate surface area is 83.4 Å². The molecule has 4 nitrogen and oxygen atoms in total. The van der Waals surface area contributed by atoms with Gasteiger partial charge in [-0.3, -0.25) is 4.79 Å². The van der Waals surface area contributed by atoms with Gasteiger partial charge in [0.2, 0.25) is 5.91 Å². The Hall–Kier alpha value is -1.76. The number of aromatic nitrogens is 1. The third-order valence-corrected chi connectivity index (χ3v) is 2.11. The maximum Gasteiger partial charge on any atom is 0.244 e. The van der Waals surface area contributed by atoms with E-state index in [1.165, 1.54) is 4.90 Å². The summed E-state index contributed by atoms with van der Waals surface area (Å²) in [5.41, 5.74) is 0.507. The van der Waals surface area contributed by atoms with E-state index in [0.29, 0.717) is 5.69 Å². The van der Waals surface area contributed by atoms with Crippen molar-refractivity contribution in [2.24, 2.45) is 0 Å². The number of carbonyl (C=O) groups is 1. The van der Waals surface area contributed by atoms with E-state index >= 15 is 0 Å². The summed E-state index contributed by atoms with van der Waals surface area (Å²) in [7, 11) is 3.41. The summed E-state index contributed by atoms with van der Waals surface area (Å²) in [6.45, 7) is 1.78. The standard InChI is InChI=1S/C10H13N3O/c1-8(10(14)12(2)3)13-6-4-5-9(13)7-11/h4-6,8H,1-3H3. The zero-order valence-electron chi connectivity index (χ0n) is 8.56. The highest BCUT2D eigenvalue weighted by atomic mass is 16.2. The topological polar surface area (TPSA) is 49.0 Å². The quantitative estimate of drug-likeness (QED) is 0.700. The number of rotatable bonds is 2. The SMILES string of the molecule is CC(C(=O)N(C)C)n1cccc1C#N. The molecule has 0 saturated heterocycles. The predicted molar refractivity (Wildman–Crippen MR) is 52.6 cm³/mol. The fraction of sp³-hybridized carbons (Fsp3) is 0.400. The van der Waals surface area contributed by atoms with Gasteiger partial charge in [0.1, 0.15) is 17.8 Å². The van der Waals surface area contributed by atoms with Gasteiger partial charge in [-0.1, -0.05) is 0 Å². The van der Waals surface area contributed by atoms with Gasteiger partial charge in [-0.15, -0.1) is 0 Å². The van der Waals surface area contributed by atoms with Crippen molar-refractivity contribution >= 4 is 5.91 Å². The highest BCUT2D eigenvalue weighted by molar-refractivity contribution is 5.79. The van der Waals surface area contributed by atoms with Gasteiger partial charge in [0.25, 0.3) is 0 Å². The van der Waals surface area contributed by atoms with Crippen molar-refractivity contribution in [3.05, 3.63) is 24.0 Å². The molecular formula is C10H13N3O. The molecule has 0 bridgehead atoms. The minimum atomic E-state index is -0.324. The summed E-state index contributed by atoms with van der Waals surface area (Å²) in [4.78, 5) is 13.1. The molecule has 0 aromatic carbocycles. The van der Waals surface area contributed by atoms with Crippen molar-refractivity contribution in [3.8, 4) is 6.07 Å². The number of nitriles is 1. The Kier molecular flexibility index (Phi) is 2.92. The molecule has 1 unspecified atom stereocenters. The fourth-order valence-corrected chi connectivity index (χ4v) is 1.32. The molecule has 0 saturated carbocycles. The van der Waals surface area contributed by atoms with Crippen LogP contribution in [0, 0.1) is 11.3 Å². The fourth-order valence-electron chi connectivity index (χ4n) is 1.32. The zero-order valence-corrected chi connectivity index (χ0v) is 8.56. The van der Waals surface area contributed by atoms with Crippen molar-refractivity contribution in [2.45, 2.75) is 13.0 Å². The molecule has 0 aliphatic carbocycles. The number of likely N-dealkylation sites (N-methyl/N-ethyl adjacent to an activating group) is 1. The predicted octanol–water partition coefficient (Wildman–Crippen LogP) is 1.01. The van der Waals surface area contributed by atoms with E-state index in [1.54, 1.807) is 43.9 Å². The normalized spacial score (nSPS) is 11.9. The molecular weight excluding hydrogens is 178 g/mol. The maximum atomic E-state index is 11.6. The van der Waals surface area contributed by atoms with Crippen LogP contribution < -0.4 is 0 Å². The average molecular weight is 191 g/mol. The number of hydrogen-bond acceptors (Lipinski definition) is 2. The lowest BCUT2D eigenvalue weighted by molar-refractivity contribution is -0.131. The largest absolute Gasteiger partial charge is 0.347 e. The van der Waals surface area contributed by atoms with Crippen LogP contribution >= 0.6 is 0 Å². The molecule has 0 radical (unpaired) electrons. The molecule has 4 heteroatoms. The second-order valence-electron chi connectivity index (χ2n) is 3.32. The van der Waals surface area contributed by atoms with E-state index in [1.807, 2.05) is 6.07 Å². The van der Waals surface area contributed by atoms with Crippen LogP contribution in [-0.4, -0.2) is 29.5 Å². The highest BCUT2D eigenvalue weighted by Gasteiger charge is 2.17. The van der Waals surface area contributed by atoms with Gasteiger partial charge in [0, 0.05) is 20.3 Å². The molecule has 14 heavy (non-hydrogen) atoms. The monoisotopic (exact) mass is 191 g/mol. The lowest BCUT2D eigenvalue weighted by atomic mass is 10.3. The van der Waals surface area contributed by atoms with E-state index in [9.17, 15) is 4.79 Å². The second-order valence-corrected chi connectivity index (χ2v) is 3.32. The Bertz CT molecular complexity index is 373. The summed E-state index contributed by atoms with van der Waals surface area (Å²) in [5, 5.41) is 8.78. The van der Waals surface area contributed by atoms with Gasteiger partial charge in [-0.25, -0.2) is 0 Å². The molecule has 1 amide bonds. The molecule has 1 atom stereocenters. The Morgan fingerprint density at radius 1 is 1.64 bits per heavy atom. The van der Waals surface area contributed by atoms with Crippen molar-refractivity contribution in [3.63, 3.8) is 0 Å². The molecule has 0 N–H and O–H groups in total. The van der Waals surface area contributed by atoms with Crippen LogP contribution in [0.3, 0.4) is 0 Å². The van der Waals surface area contributed by atoms with Crippen molar-refractivity contribution < 1.29 is 4.79 Å². The molecule has 0 spiro atoms. The molecule has 1 heterocycles. The third kappa shape index (κ3) is 1.77. The van der Waals surface area contributed by atoms with Gasteiger partial charge in [0.05, 0.1) is 0 Å². The van der Waals surface area contributed by atoms with Crippen LogP contribution in [0.5, 0.6) is 0 Å². The molecule has 1 aromatic heterocycles. The van der Waals surface area contributed by atoms with Crippen LogP contribution in [0.25, 0.3) is 0 Å². The third-order valence-electron chi connectivity index (χ3n) is 2.11. The highest BCUT2D eigenvalue weighted by Crippen LogP contribution is 2.12. The summed E-state index contributed by atoms with van der Waals surface area (Å²) >= 11 is 0. The van der Waals surface area contributed by atoms with E-state index in [-0.39, 0.29) is 11.9 Å². The lowest BCUT2D eigenvalue weighted by Gasteiger charge is -2.18. The van der Waals surface area contributed by atoms with Gasteiger partial charge in [-0.2, -0.15) is 5.26 Å². The van der Waals surface area contributed by atoms with E-state index < -0.39 is 0 Å². The minimum Gasteiger partial charge on any atom is -0.347 e. The summed E-state index contributed by atoms with van der Waals surface area (Å²) in [6, 6.07) is 5.17. The van der Waals surface area contributed by atoms with Crippen molar-refractivity contribution in [2.75, 3.05) is 14.1 Å². The van der Waals surface area contributed by atoms with E-state index in [0.717, 1.165) is 0 Å². The van der Waals surface area contributed by atoms with Crippen LogP contribution in [0.1, 0.15) is 18.7 Å².